The molecule has 2 aromatic carbocycles. The maximum atomic E-state index is 6.14. The molecule has 1 aliphatic heterocycles. The SMILES string of the molecule is N[C@H]1COCC[C@H]1c1ccc(-c2ccccc2)cc1. The van der Waals surface area contributed by atoms with Gasteiger partial charge >= 0.3 is 0 Å². The van der Waals surface area contributed by atoms with Crippen molar-refractivity contribution in [1.82, 2.24) is 0 Å². The van der Waals surface area contributed by atoms with Gasteiger partial charge in [-0.25, -0.2) is 0 Å². The van der Waals surface area contributed by atoms with E-state index in [0.29, 0.717) is 12.5 Å². The van der Waals surface area contributed by atoms with Gasteiger partial charge in [-0.1, -0.05) is 54.6 Å². The van der Waals surface area contributed by atoms with Crippen LogP contribution in [0.3, 0.4) is 0 Å². The zero-order valence-electron chi connectivity index (χ0n) is 11.0. The summed E-state index contributed by atoms with van der Waals surface area (Å²) in [6, 6.07) is 19.4. The van der Waals surface area contributed by atoms with Crippen molar-refractivity contribution in [2.45, 2.75) is 18.4 Å². The van der Waals surface area contributed by atoms with Gasteiger partial charge in [-0.15, -0.1) is 0 Å². The van der Waals surface area contributed by atoms with Gasteiger partial charge in [0.1, 0.15) is 0 Å². The molecule has 0 saturated carbocycles. The Morgan fingerprint density at radius 1 is 0.895 bits per heavy atom. The maximum Gasteiger partial charge on any atom is 0.0623 e. The molecular formula is C17H19NO. The van der Waals surface area contributed by atoms with Gasteiger partial charge in [0, 0.05) is 18.6 Å². The second kappa shape index (κ2) is 5.55. The van der Waals surface area contributed by atoms with Crippen LogP contribution in [0, 0.1) is 0 Å². The molecule has 0 bridgehead atoms. The Labute approximate surface area is 114 Å². The van der Waals surface area contributed by atoms with E-state index in [2.05, 4.69) is 48.5 Å². The van der Waals surface area contributed by atoms with E-state index in [-0.39, 0.29) is 6.04 Å². The first-order chi connectivity index (χ1) is 9.34. The average molecular weight is 253 g/mol. The van der Waals surface area contributed by atoms with Crippen LogP contribution in [0.2, 0.25) is 0 Å². The summed E-state index contributed by atoms with van der Waals surface area (Å²) in [6.07, 6.45) is 1.02. The fraction of sp³-hybridized carbons (Fsp3) is 0.294. The minimum Gasteiger partial charge on any atom is -0.380 e. The van der Waals surface area contributed by atoms with Crippen molar-refractivity contribution in [1.29, 1.82) is 0 Å². The molecule has 0 aromatic heterocycles. The Bertz CT molecular complexity index is 521. The predicted molar refractivity (Wildman–Crippen MR) is 78.0 cm³/mol. The molecule has 0 spiro atoms. The first-order valence-electron chi connectivity index (χ1n) is 6.83. The molecule has 19 heavy (non-hydrogen) atoms. The molecule has 98 valence electrons. The zero-order valence-corrected chi connectivity index (χ0v) is 11.0. The van der Waals surface area contributed by atoms with Crippen molar-refractivity contribution < 1.29 is 4.74 Å². The molecular weight excluding hydrogens is 234 g/mol. The van der Waals surface area contributed by atoms with Crippen molar-refractivity contribution in [3.05, 3.63) is 60.2 Å². The van der Waals surface area contributed by atoms with Gasteiger partial charge in [-0.3, -0.25) is 0 Å². The summed E-state index contributed by atoms with van der Waals surface area (Å²) in [5.41, 5.74) is 9.97. The smallest absolute Gasteiger partial charge is 0.0623 e. The molecule has 0 aliphatic carbocycles. The Balaban J connectivity index is 1.83. The van der Waals surface area contributed by atoms with Gasteiger partial charge in [0.2, 0.25) is 0 Å². The Morgan fingerprint density at radius 2 is 1.58 bits per heavy atom. The molecule has 1 saturated heterocycles. The average Bonchev–Trinajstić information content (AvgIpc) is 2.49. The maximum absolute atomic E-state index is 6.14. The van der Waals surface area contributed by atoms with E-state index in [1.165, 1.54) is 16.7 Å². The standard InChI is InChI=1S/C17H19NO/c18-17-12-19-11-10-16(17)15-8-6-14(7-9-15)13-4-2-1-3-5-13/h1-9,16-17H,10-12,18H2/t16-,17-/m0/s1. The summed E-state index contributed by atoms with van der Waals surface area (Å²) < 4.78 is 5.40. The van der Waals surface area contributed by atoms with E-state index in [0.717, 1.165) is 13.0 Å². The van der Waals surface area contributed by atoms with Crippen LogP contribution in [0.25, 0.3) is 11.1 Å². The van der Waals surface area contributed by atoms with E-state index < -0.39 is 0 Å². The molecule has 0 radical (unpaired) electrons. The van der Waals surface area contributed by atoms with Crippen molar-refractivity contribution in [3.8, 4) is 11.1 Å². The molecule has 0 amide bonds. The van der Waals surface area contributed by atoms with Crippen LogP contribution in [0.4, 0.5) is 0 Å². The molecule has 1 aliphatic rings. The molecule has 1 heterocycles. The summed E-state index contributed by atoms with van der Waals surface area (Å²) >= 11 is 0. The van der Waals surface area contributed by atoms with Gasteiger partial charge in [-0.05, 0) is 23.1 Å². The monoisotopic (exact) mass is 253 g/mol. The minimum atomic E-state index is 0.122. The highest BCUT2D eigenvalue weighted by atomic mass is 16.5. The van der Waals surface area contributed by atoms with Crippen LogP contribution >= 0.6 is 0 Å². The molecule has 2 atom stereocenters. The van der Waals surface area contributed by atoms with Crippen LogP contribution in [0.5, 0.6) is 0 Å². The number of nitrogens with two attached hydrogens (primary N) is 1. The van der Waals surface area contributed by atoms with Crippen LogP contribution in [-0.2, 0) is 4.74 Å². The summed E-state index contributed by atoms with van der Waals surface area (Å²) in [7, 11) is 0. The van der Waals surface area contributed by atoms with Crippen LogP contribution in [0.15, 0.2) is 54.6 Å². The van der Waals surface area contributed by atoms with E-state index in [9.17, 15) is 0 Å². The fourth-order valence-electron chi connectivity index (χ4n) is 2.73. The molecule has 3 rings (SSSR count). The lowest BCUT2D eigenvalue weighted by molar-refractivity contribution is 0.0696. The highest BCUT2D eigenvalue weighted by Gasteiger charge is 2.23. The fourth-order valence-corrected chi connectivity index (χ4v) is 2.73. The topological polar surface area (TPSA) is 35.2 Å². The quantitative estimate of drug-likeness (QED) is 0.892. The van der Waals surface area contributed by atoms with Crippen molar-refractivity contribution >= 4 is 0 Å². The number of hydrogen-bond donors (Lipinski definition) is 1. The third kappa shape index (κ3) is 2.70. The van der Waals surface area contributed by atoms with Gasteiger partial charge in [0.15, 0.2) is 0 Å². The largest absolute Gasteiger partial charge is 0.380 e. The molecule has 2 heteroatoms. The lowest BCUT2D eigenvalue weighted by atomic mass is 9.87. The molecule has 2 N–H and O–H groups in total. The predicted octanol–water partition coefficient (Wildman–Crippen LogP) is 3.18. The zero-order chi connectivity index (χ0) is 13.1. The number of benzene rings is 2. The van der Waals surface area contributed by atoms with E-state index in [4.69, 9.17) is 10.5 Å². The lowest BCUT2D eigenvalue weighted by Gasteiger charge is -2.29. The summed E-state index contributed by atoms with van der Waals surface area (Å²) in [4.78, 5) is 0. The second-order valence-electron chi connectivity index (χ2n) is 5.12. The minimum absolute atomic E-state index is 0.122. The number of rotatable bonds is 2. The van der Waals surface area contributed by atoms with E-state index in [1.807, 2.05) is 6.07 Å². The van der Waals surface area contributed by atoms with E-state index in [1.54, 1.807) is 0 Å². The van der Waals surface area contributed by atoms with Gasteiger partial charge in [0.05, 0.1) is 6.61 Å². The highest BCUT2D eigenvalue weighted by Crippen LogP contribution is 2.28. The number of hydrogen-bond acceptors (Lipinski definition) is 2. The first-order valence-corrected chi connectivity index (χ1v) is 6.83. The van der Waals surface area contributed by atoms with Crippen molar-refractivity contribution in [2.75, 3.05) is 13.2 Å². The highest BCUT2D eigenvalue weighted by molar-refractivity contribution is 5.63. The molecule has 2 nitrogen and oxygen atoms in total. The third-order valence-corrected chi connectivity index (χ3v) is 3.85. The van der Waals surface area contributed by atoms with Gasteiger partial charge in [-0.2, -0.15) is 0 Å². The third-order valence-electron chi connectivity index (χ3n) is 3.85. The van der Waals surface area contributed by atoms with Crippen molar-refractivity contribution in [3.63, 3.8) is 0 Å². The Hall–Kier alpha value is -1.64. The van der Waals surface area contributed by atoms with Crippen LogP contribution in [0.1, 0.15) is 17.9 Å². The summed E-state index contributed by atoms with van der Waals surface area (Å²) in [5.74, 6) is 0.429. The molecule has 0 unspecified atom stereocenters. The second-order valence-corrected chi connectivity index (χ2v) is 5.12. The Morgan fingerprint density at radius 3 is 2.26 bits per heavy atom. The van der Waals surface area contributed by atoms with Crippen LogP contribution < -0.4 is 5.73 Å². The first kappa shape index (κ1) is 12.4. The summed E-state index contributed by atoms with van der Waals surface area (Å²) in [5, 5.41) is 0. The van der Waals surface area contributed by atoms with Gasteiger partial charge in [0.25, 0.3) is 0 Å². The summed E-state index contributed by atoms with van der Waals surface area (Å²) in [6.45, 7) is 1.49. The number of ether oxygens (including phenoxy) is 1. The van der Waals surface area contributed by atoms with Crippen molar-refractivity contribution in [2.24, 2.45) is 5.73 Å². The Kier molecular flexibility index (Phi) is 3.62. The lowest BCUT2D eigenvalue weighted by Crippen LogP contribution is -2.37. The normalized spacial score (nSPS) is 23.2. The van der Waals surface area contributed by atoms with E-state index >= 15 is 0 Å². The molecule has 2 aromatic rings. The van der Waals surface area contributed by atoms with Gasteiger partial charge < -0.3 is 10.5 Å². The molecule has 1 fully saturated rings. The van der Waals surface area contributed by atoms with Crippen LogP contribution in [-0.4, -0.2) is 19.3 Å².